The van der Waals surface area contributed by atoms with Crippen molar-refractivity contribution in [3.63, 3.8) is 0 Å². The van der Waals surface area contributed by atoms with Gasteiger partial charge in [-0.15, -0.1) is 0 Å². The van der Waals surface area contributed by atoms with Gasteiger partial charge in [-0.2, -0.15) is 0 Å². The van der Waals surface area contributed by atoms with E-state index in [1.165, 1.54) is 6.07 Å². The van der Waals surface area contributed by atoms with Crippen molar-refractivity contribution in [3.05, 3.63) is 71.0 Å². The first-order valence-corrected chi connectivity index (χ1v) is 5.65. The largest absolute Gasteiger partial charge is 0.388 e. The molecule has 0 fully saturated rings. The van der Waals surface area contributed by atoms with Crippen LogP contribution in [0.25, 0.3) is 0 Å². The Balaban J connectivity index is 2.17. The number of halogens is 1. The van der Waals surface area contributed by atoms with Gasteiger partial charge in [-0.1, -0.05) is 42.5 Å². The second-order valence-corrected chi connectivity index (χ2v) is 4.23. The first kappa shape index (κ1) is 11.8. The van der Waals surface area contributed by atoms with Crippen LogP contribution in [0.2, 0.25) is 0 Å². The van der Waals surface area contributed by atoms with E-state index in [9.17, 15) is 9.50 Å². The number of hydrogen-bond donors (Lipinski definition) is 1. The Morgan fingerprint density at radius 3 is 2.47 bits per heavy atom. The van der Waals surface area contributed by atoms with Gasteiger partial charge in [-0.25, -0.2) is 4.39 Å². The molecule has 0 heterocycles. The Labute approximate surface area is 101 Å². The lowest BCUT2D eigenvalue weighted by Crippen LogP contribution is -2.04. The van der Waals surface area contributed by atoms with E-state index < -0.39 is 6.10 Å². The highest BCUT2D eigenvalue weighted by atomic mass is 19.1. The third-order valence-electron chi connectivity index (χ3n) is 2.79. The zero-order valence-electron chi connectivity index (χ0n) is 9.73. The van der Waals surface area contributed by atoms with Crippen molar-refractivity contribution in [3.8, 4) is 0 Å². The van der Waals surface area contributed by atoms with E-state index in [1.807, 2.05) is 43.3 Å². The van der Waals surface area contributed by atoms with Crippen LogP contribution in [0.1, 0.15) is 22.8 Å². The van der Waals surface area contributed by atoms with Gasteiger partial charge in [0.2, 0.25) is 0 Å². The van der Waals surface area contributed by atoms with Crippen LogP contribution in [0.3, 0.4) is 0 Å². The van der Waals surface area contributed by atoms with Gasteiger partial charge in [0, 0.05) is 12.0 Å². The Hall–Kier alpha value is -1.67. The SMILES string of the molecule is Cc1ccc(C(O)Cc2ccccc2)c(F)c1. The Kier molecular flexibility index (Phi) is 3.55. The summed E-state index contributed by atoms with van der Waals surface area (Å²) in [5.41, 5.74) is 2.22. The number of benzene rings is 2. The fourth-order valence-electron chi connectivity index (χ4n) is 1.85. The molecular weight excluding hydrogens is 215 g/mol. The molecule has 0 aliphatic rings. The average Bonchev–Trinajstić information content (AvgIpc) is 2.30. The number of rotatable bonds is 3. The summed E-state index contributed by atoms with van der Waals surface area (Å²) in [6.07, 6.45) is -0.362. The normalized spacial score (nSPS) is 12.4. The standard InChI is InChI=1S/C15H15FO/c1-11-7-8-13(14(16)9-11)15(17)10-12-5-3-2-4-6-12/h2-9,15,17H,10H2,1H3. The van der Waals surface area contributed by atoms with Crippen LogP contribution in [0.4, 0.5) is 4.39 Å². The summed E-state index contributed by atoms with van der Waals surface area (Å²) in [5.74, 6) is -0.339. The molecule has 88 valence electrons. The van der Waals surface area contributed by atoms with Crippen LogP contribution >= 0.6 is 0 Å². The van der Waals surface area contributed by atoms with Crippen LogP contribution in [-0.2, 0) is 6.42 Å². The van der Waals surface area contributed by atoms with E-state index in [-0.39, 0.29) is 5.82 Å². The summed E-state index contributed by atoms with van der Waals surface area (Å²) in [6, 6.07) is 14.5. The van der Waals surface area contributed by atoms with Gasteiger partial charge in [0.15, 0.2) is 0 Å². The predicted octanol–water partition coefficient (Wildman–Crippen LogP) is 3.41. The summed E-state index contributed by atoms with van der Waals surface area (Å²) in [5, 5.41) is 10.0. The molecule has 1 N–H and O–H groups in total. The molecular formula is C15H15FO. The number of aryl methyl sites for hydroxylation is 1. The van der Waals surface area contributed by atoms with Crippen molar-refractivity contribution in [2.24, 2.45) is 0 Å². The summed E-state index contributed by atoms with van der Waals surface area (Å²) < 4.78 is 13.6. The molecule has 0 aliphatic heterocycles. The van der Waals surface area contributed by atoms with E-state index in [0.29, 0.717) is 12.0 Å². The fraction of sp³-hybridized carbons (Fsp3) is 0.200. The molecule has 0 aliphatic carbocycles. The molecule has 0 saturated carbocycles. The van der Waals surface area contributed by atoms with Crippen molar-refractivity contribution < 1.29 is 9.50 Å². The maximum absolute atomic E-state index is 13.6. The first-order valence-electron chi connectivity index (χ1n) is 5.65. The molecule has 0 saturated heterocycles. The second-order valence-electron chi connectivity index (χ2n) is 4.23. The molecule has 2 heteroatoms. The highest BCUT2D eigenvalue weighted by molar-refractivity contribution is 5.27. The smallest absolute Gasteiger partial charge is 0.129 e. The molecule has 1 nitrogen and oxygen atoms in total. The Morgan fingerprint density at radius 2 is 1.82 bits per heavy atom. The molecule has 2 aromatic rings. The van der Waals surface area contributed by atoms with E-state index in [1.54, 1.807) is 6.07 Å². The second kappa shape index (κ2) is 5.11. The highest BCUT2D eigenvalue weighted by Gasteiger charge is 2.13. The third kappa shape index (κ3) is 2.92. The van der Waals surface area contributed by atoms with Gasteiger partial charge in [-0.05, 0) is 24.1 Å². The van der Waals surface area contributed by atoms with E-state index in [2.05, 4.69) is 0 Å². The zero-order chi connectivity index (χ0) is 12.3. The molecule has 17 heavy (non-hydrogen) atoms. The summed E-state index contributed by atoms with van der Waals surface area (Å²) >= 11 is 0. The van der Waals surface area contributed by atoms with Gasteiger partial charge < -0.3 is 5.11 Å². The Bertz CT molecular complexity index is 494. The molecule has 0 amide bonds. The van der Waals surface area contributed by atoms with E-state index in [4.69, 9.17) is 0 Å². The van der Waals surface area contributed by atoms with Crippen LogP contribution in [0, 0.1) is 12.7 Å². The van der Waals surface area contributed by atoms with Gasteiger partial charge in [0.25, 0.3) is 0 Å². The maximum Gasteiger partial charge on any atom is 0.129 e. The molecule has 0 bridgehead atoms. The van der Waals surface area contributed by atoms with Gasteiger partial charge in [0.1, 0.15) is 5.82 Å². The topological polar surface area (TPSA) is 20.2 Å². The van der Waals surface area contributed by atoms with Crippen LogP contribution < -0.4 is 0 Å². The van der Waals surface area contributed by atoms with Gasteiger partial charge >= 0.3 is 0 Å². The number of aliphatic hydroxyl groups excluding tert-OH is 1. The molecule has 1 unspecified atom stereocenters. The lowest BCUT2D eigenvalue weighted by Gasteiger charge is -2.12. The van der Waals surface area contributed by atoms with E-state index >= 15 is 0 Å². The van der Waals surface area contributed by atoms with Crippen LogP contribution in [-0.4, -0.2) is 5.11 Å². The summed E-state index contributed by atoms with van der Waals surface area (Å²) in [4.78, 5) is 0. The van der Waals surface area contributed by atoms with Crippen LogP contribution in [0.5, 0.6) is 0 Å². The van der Waals surface area contributed by atoms with Crippen molar-refractivity contribution in [2.75, 3.05) is 0 Å². The predicted molar refractivity (Wildman–Crippen MR) is 66.2 cm³/mol. The summed E-state index contributed by atoms with van der Waals surface area (Å²) in [7, 11) is 0. The third-order valence-corrected chi connectivity index (χ3v) is 2.79. The van der Waals surface area contributed by atoms with Crippen molar-refractivity contribution in [2.45, 2.75) is 19.4 Å². The van der Waals surface area contributed by atoms with E-state index in [0.717, 1.165) is 11.1 Å². The molecule has 0 aromatic heterocycles. The highest BCUT2D eigenvalue weighted by Crippen LogP contribution is 2.21. The van der Waals surface area contributed by atoms with Crippen LogP contribution in [0.15, 0.2) is 48.5 Å². The molecule has 0 spiro atoms. The average molecular weight is 230 g/mol. The number of aliphatic hydroxyl groups is 1. The fourth-order valence-corrected chi connectivity index (χ4v) is 1.85. The molecule has 1 atom stereocenters. The molecule has 0 radical (unpaired) electrons. The zero-order valence-corrected chi connectivity index (χ0v) is 9.73. The first-order chi connectivity index (χ1) is 8.16. The quantitative estimate of drug-likeness (QED) is 0.856. The van der Waals surface area contributed by atoms with Gasteiger partial charge in [-0.3, -0.25) is 0 Å². The maximum atomic E-state index is 13.6. The van der Waals surface area contributed by atoms with Crippen molar-refractivity contribution >= 4 is 0 Å². The van der Waals surface area contributed by atoms with Gasteiger partial charge in [0.05, 0.1) is 6.10 Å². The monoisotopic (exact) mass is 230 g/mol. The molecule has 2 aromatic carbocycles. The number of hydrogen-bond acceptors (Lipinski definition) is 1. The van der Waals surface area contributed by atoms with Crippen molar-refractivity contribution in [1.29, 1.82) is 0 Å². The summed E-state index contributed by atoms with van der Waals surface area (Å²) in [6.45, 7) is 1.83. The lowest BCUT2D eigenvalue weighted by molar-refractivity contribution is 0.173. The molecule has 2 rings (SSSR count). The van der Waals surface area contributed by atoms with Crippen molar-refractivity contribution in [1.82, 2.24) is 0 Å². The minimum Gasteiger partial charge on any atom is -0.388 e. The minimum absolute atomic E-state index is 0.339. The lowest BCUT2D eigenvalue weighted by atomic mass is 10.00. The minimum atomic E-state index is -0.794. The Morgan fingerprint density at radius 1 is 1.12 bits per heavy atom.